The Balaban J connectivity index is 2.47. The molecule has 0 aliphatic heterocycles. The number of alkyl halides is 11. The van der Waals surface area contributed by atoms with Crippen molar-refractivity contribution >= 4 is 12.6 Å². The lowest BCUT2D eigenvalue weighted by atomic mass is 9.79. The van der Waals surface area contributed by atoms with Crippen molar-refractivity contribution in [3.05, 3.63) is 12.2 Å². The van der Waals surface area contributed by atoms with Crippen molar-refractivity contribution in [2.75, 3.05) is 0 Å². The number of hydrogen-bond donors (Lipinski definition) is 1. The third-order valence-corrected chi connectivity index (χ3v) is 5.72. The molecular weight excluding hydrogens is 409 g/mol. The highest BCUT2D eigenvalue weighted by molar-refractivity contribution is 7.81. The van der Waals surface area contributed by atoms with Gasteiger partial charge in [-0.3, -0.25) is 0 Å². The van der Waals surface area contributed by atoms with Crippen molar-refractivity contribution in [1.82, 2.24) is 0 Å². The Kier molecular flexibility index (Phi) is 4.71. The molecule has 2 bridgehead atoms. The highest BCUT2D eigenvalue weighted by atomic mass is 32.1. The highest BCUT2D eigenvalue weighted by Crippen LogP contribution is 2.64. The maximum atomic E-state index is 14.4. The zero-order valence-electron chi connectivity index (χ0n) is 12.9. The number of halogens is 11. The summed E-state index contributed by atoms with van der Waals surface area (Å²) < 4.78 is 149. The van der Waals surface area contributed by atoms with E-state index in [1.807, 2.05) is 0 Å². The van der Waals surface area contributed by atoms with Crippen LogP contribution in [0.1, 0.15) is 19.8 Å². The fourth-order valence-electron chi connectivity index (χ4n) is 3.43. The summed E-state index contributed by atoms with van der Waals surface area (Å²) in [4.78, 5) is 0. The first-order valence-corrected chi connectivity index (χ1v) is 7.75. The number of allylic oxidation sites excluding steroid dienone is 2. The zero-order valence-corrected chi connectivity index (χ0v) is 13.8. The maximum absolute atomic E-state index is 14.4. The summed E-state index contributed by atoms with van der Waals surface area (Å²) in [5.74, 6) is -22.2. The number of rotatable bonds is 5. The first-order chi connectivity index (χ1) is 11.3. The number of hydrogen-bond acceptors (Lipinski definition) is 1. The van der Waals surface area contributed by atoms with Crippen LogP contribution in [0, 0.1) is 17.8 Å². The van der Waals surface area contributed by atoms with Gasteiger partial charge in [0.05, 0.1) is 0 Å². The monoisotopic (exact) mass is 422 g/mol. The van der Waals surface area contributed by atoms with Crippen LogP contribution in [0.25, 0.3) is 0 Å². The van der Waals surface area contributed by atoms with Gasteiger partial charge in [-0.15, -0.1) is 12.6 Å². The minimum absolute atomic E-state index is 0.0568. The predicted octanol–water partition coefficient (Wildman–Crippen LogP) is 5.99. The molecule has 12 heteroatoms. The summed E-state index contributed by atoms with van der Waals surface area (Å²) in [5.41, 5.74) is -6.02. The molecule has 0 N–H and O–H groups in total. The van der Waals surface area contributed by atoms with Gasteiger partial charge in [0.25, 0.3) is 10.9 Å². The molecule has 0 aromatic heterocycles. The van der Waals surface area contributed by atoms with Gasteiger partial charge in [0, 0.05) is 5.92 Å². The zero-order chi connectivity index (χ0) is 20.6. The second kappa shape index (κ2) is 5.66. The number of thiol groups is 1. The minimum Gasteiger partial charge on any atom is -0.230 e. The van der Waals surface area contributed by atoms with Crippen molar-refractivity contribution in [2.45, 2.75) is 54.4 Å². The maximum Gasteiger partial charge on any atom is 0.457 e. The van der Waals surface area contributed by atoms with Gasteiger partial charge in [-0.2, -0.15) is 30.7 Å². The average molecular weight is 422 g/mol. The molecule has 0 radical (unpaired) electrons. The Hall–Kier alpha value is -0.680. The van der Waals surface area contributed by atoms with Crippen molar-refractivity contribution in [3.63, 3.8) is 0 Å². The van der Waals surface area contributed by atoms with E-state index in [9.17, 15) is 48.3 Å². The molecule has 0 spiro atoms. The molecule has 5 atom stereocenters. The SMILES string of the molecule is CC(F)(C(F)(F)C(F)(F)F)C(F)(F)C(F)(S)C(F)(F)C1CC2C=CC1C2. The molecule has 5 unspecified atom stereocenters. The molecular formula is C14H13F11S. The van der Waals surface area contributed by atoms with Crippen LogP contribution in [-0.4, -0.2) is 34.6 Å². The van der Waals surface area contributed by atoms with Crippen molar-refractivity contribution < 1.29 is 48.3 Å². The van der Waals surface area contributed by atoms with E-state index in [4.69, 9.17) is 0 Å². The fraction of sp³-hybridized carbons (Fsp3) is 0.857. The Bertz CT molecular complexity index is 590. The molecule has 0 heterocycles. The highest BCUT2D eigenvalue weighted by Gasteiger charge is 2.86. The van der Waals surface area contributed by atoms with Crippen LogP contribution in [-0.2, 0) is 0 Å². The first kappa shape index (κ1) is 21.6. The summed E-state index contributed by atoms with van der Waals surface area (Å²) in [6.45, 7) is -0.970. The van der Waals surface area contributed by atoms with Crippen molar-refractivity contribution in [2.24, 2.45) is 17.8 Å². The lowest BCUT2D eigenvalue weighted by molar-refractivity contribution is -0.377. The molecule has 1 fully saturated rings. The van der Waals surface area contributed by atoms with Crippen LogP contribution >= 0.6 is 12.6 Å². The Labute approximate surface area is 146 Å². The lowest BCUT2D eigenvalue weighted by Gasteiger charge is -2.46. The van der Waals surface area contributed by atoms with Crippen molar-refractivity contribution in [1.29, 1.82) is 0 Å². The van der Waals surface area contributed by atoms with Gasteiger partial charge in [0.15, 0.2) is 0 Å². The molecule has 0 amide bonds. The summed E-state index contributed by atoms with van der Waals surface area (Å²) in [7, 11) is 0. The van der Waals surface area contributed by atoms with Crippen LogP contribution in [0.5, 0.6) is 0 Å². The van der Waals surface area contributed by atoms with E-state index in [0.717, 1.165) is 0 Å². The molecule has 0 aromatic carbocycles. The molecule has 2 rings (SSSR count). The largest absolute Gasteiger partial charge is 0.457 e. The molecule has 0 saturated heterocycles. The smallest absolute Gasteiger partial charge is 0.230 e. The minimum atomic E-state index is -6.87. The van der Waals surface area contributed by atoms with Gasteiger partial charge in [-0.1, -0.05) is 12.2 Å². The Morgan fingerprint density at radius 2 is 1.27 bits per heavy atom. The molecule has 1 saturated carbocycles. The van der Waals surface area contributed by atoms with Crippen molar-refractivity contribution in [3.8, 4) is 0 Å². The average Bonchev–Trinajstić information content (AvgIpc) is 3.07. The van der Waals surface area contributed by atoms with Gasteiger partial charge in [0.1, 0.15) is 0 Å². The van der Waals surface area contributed by atoms with Gasteiger partial charge in [0.2, 0.25) is 5.67 Å². The fourth-order valence-corrected chi connectivity index (χ4v) is 3.80. The van der Waals surface area contributed by atoms with E-state index in [1.165, 1.54) is 12.2 Å². The van der Waals surface area contributed by atoms with Gasteiger partial charge in [-0.05, 0) is 31.6 Å². The molecule has 0 aromatic rings. The van der Waals surface area contributed by atoms with E-state index >= 15 is 0 Å². The van der Waals surface area contributed by atoms with Crippen LogP contribution in [0.4, 0.5) is 48.3 Å². The summed E-state index contributed by atoms with van der Waals surface area (Å²) >= 11 is 2.41. The van der Waals surface area contributed by atoms with E-state index < -0.39 is 65.7 Å². The third-order valence-electron chi connectivity index (χ3n) is 5.14. The van der Waals surface area contributed by atoms with Crippen LogP contribution in [0.2, 0.25) is 0 Å². The molecule has 2 aliphatic carbocycles. The second-order valence-electron chi connectivity index (χ2n) is 6.78. The van der Waals surface area contributed by atoms with E-state index in [2.05, 4.69) is 12.6 Å². The lowest BCUT2D eigenvalue weighted by Crippen LogP contribution is -2.71. The topological polar surface area (TPSA) is 0 Å². The second-order valence-corrected chi connectivity index (χ2v) is 7.40. The predicted molar refractivity (Wildman–Crippen MR) is 72.1 cm³/mol. The van der Waals surface area contributed by atoms with Crippen LogP contribution < -0.4 is 0 Å². The van der Waals surface area contributed by atoms with Crippen LogP contribution in [0.3, 0.4) is 0 Å². The van der Waals surface area contributed by atoms with E-state index in [-0.39, 0.29) is 6.42 Å². The van der Waals surface area contributed by atoms with Gasteiger partial charge < -0.3 is 0 Å². The molecule has 2 aliphatic rings. The molecule has 0 nitrogen and oxygen atoms in total. The Morgan fingerprint density at radius 1 is 0.769 bits per heavy atom. The van der Waals surface area contributed by atoms with Gasteiger partial charge >= 0.3 is 18.0 Å². The first-order valence-electron chi connectivity index (χ1n) is 7.31. The Morgan fingerprint density at radius 3 is 1.62 bits per heavy atom. The quantitative estimate of drug-likeness (QED) is 0.314. The number of fused-ring (bicyclic) bond motifs is 2. The van der Waals surface area contributed by atoms with Gasteiger partial charge in [-0.25, -0.2) is 17.6 Å². The van der Waals surface area contributed by atoms with Crippen LogP contribution in [0.15, 0.2) is 12.2 Å². The summed E-state index contributed by atoms with van der Waals surface area (Å²) in [6.07, 6.45) is -4.65. The normalized spacial score (nSPS) is 31.8. The van der Waals surface area contributed by atoms with E-state index in [1.54, 1.807) is 0 Å². The summed E-state index contributed by atoms with van der Waals surface area (Å²) in [6, 6.07) is 0. The third kappa shape index (κ3) is 2.56. The molecule has 152 valence electrons. The molecule has 26 heavy (non-hydrogen) atoms. The summed E-state index contributed by atoms with van der Waals surface area (Å²) in [5, 5.41) is -5.60. The van der Waals surface area contributed by atoms with E-state index in [0.29, 0.717) is 0 Å². The standard InChI is InChI=1S/C14H13F11S/c1-9(15,12(20,21)14(23,24)25)11(18,19)13(22,26)10(16,17)8-5-6-2-3-7(8)4-6/h2-3,6-8,26H,4-5H2,1H3.